The average Bonchev–Trinajstić information content (AvgIpc) is 2.20. The number of nitrogens with zero attached hydrogens (tertiary/aromatic N) is 3. The van der Waals surface area contributed by atoms with Gasteiger partial charge in [0.25, 0.3) is 0 Å². The molecule has 0 fully saturated rings. The molecule has 16 heavy (non-hydrogen) atoms. The van der Waals surface area contributed by atoms with E-state index in [1.807, 2.05) is 0 Å². The highest BCUT2D eigenvalue weighted by Crippen LogP contribution is 2.21. The van der Waals surface area contributed by atoms with Crippen molar-refractivity contribution in [2.24, 2.45) is 16.5 Å². The lowest BCUT2D eigenvalue weighted by Crippen LogP contribution is -2.24. The summed E-state index contributed by atoms with van der Waals surface area (Å²) in [6, 6.07) is 0. The molecule has 0 unspecified atom stereocenters. The predicted molar refractivity (Wildman–Crippen MR) is 58.1 cm³/mol. The summed E-state index contributed by atoms with van der Waals surface area (Å²) in [5.41, 5.74) is 15.3. The summed E-state index contributed by atoms with van der Waals surface area (Å²) in [7, 11) is 1.30. The minimum atomic E-state index is -0.814. The molecule has 0 spiro atoms. The third kappa shape index (κ3) is 2.48. The highest BCUT2D eigenvalue weighted by molar-refractivity contribution is 6.31. The van der Waals surface area contributed by atoms with Crippen molar-refractivity contribution in [3.63, 3.8) is 0 Å². The molecule has 0 bridgehead atoms. The first-order valence-electron chi connectivity index (χ1n) is 3.96. The fraction of sp³-hybridized carbons (Fsp3) is 0.143. The van der Waals surface area contributed by atoms with Gasteiger partial charge in [-0.15, -0.1) is 0 Å². The normalized spacial score (nSPS) is 9.62. The van der Waals surface area contributed by atoms with Crippen molar-refractivity contribution >= 4 is 29.3 Å². The molecule has 0 aliphatic carbocycles. The molecule has 0 atom stereocenters. The summed E-state index contributed by atoms with van der Waals surface area (Å²) in [6.07, 6.45) is 0. The molecule has 1 aromatic heterocycles. The molecule has 0 aliphatic heterocycles. The Morgan fingerprint density at radius 1 is 1.44 bits per heavy atom. The monoisotopic (exact) mass is 244 g/mol. The van der Waals surface area contributed by atoms with Gasteiger partial charge < -0.3 is 21.9 Å². The molecule has 0 aliphatic rings. The number of hydrogen-bond acceptors (Lipinski definition) is 5. The van der Waals surface area contributed by atoms with Gasteiger partial charge in [-0.2, -0.15) is 9.98 Å². The molecule has 0 saturated carbocycles. The Hall–Kier alpha value is -2.09. The van der Waals surface area contributed by atoms with Crippen LogP contribution in [0, 0.1) is 0 Å². The van der Waals surface area contributed by atoms with Crippen LogP contribution in [0.2, 0.25) is 5.15 Å². The number of nitrogens with two attached hydrogens (primary N) is 3. The van der Waals surface area contributed by atoms with Gasteiger partial charge in [0.15, 0.2) is 22.6 Å². The van der Waals surface area contributed by atoms with Crippen LogP contribution in [0.15, 0.2) is 4.99 Å². The second kappa shape index (κ2) is 4.62. The fourth-order valence-electron chi connectivity index (χ4n) is 0.864. The van der Waals surface area contributed by atoms with E-state index in [4.69, 9.17) is 33.5 Å². The number of halogens is 1. The van der Waals surface area contributed by atoms with Gasteiger partial charge >= 0.3 is 5.91 Å². The van der Waals surface area contributed by atoms with E-state index < -0.39 is 11.9 Å². The summed E-state index contributed by atoms with van der Waals surface area (Å²) < 4.78 is 4.80. The SMILES string of the molecule is COc1nc(N)c(Cl)nc1C(=O)N=C(N)N. The Balaban J connectivity index is 3.27. The van der Waals surface area contributed by atoms with Crippen LogP contribution in [0.25, 0.3) is 0 Å². The molecule has 0 aromatic carbocycles. The Morgan fingerprint density at radius 3 is 2.56 bits per heavy atom. The highest BCUT2D eigenvalue weighted by atomic mass is 35.5. The molecule has 0 saturated heterocycles. The number of aliphatic imine (C=N–C) groups is 1. The van der Waals surface area contributed by atoms with Crippen LogP contribution >= 0.6 is 11.6 Å². The summed E-state index contributed by atoms with van der Waals surface area (Å²) in [4.78, 5) is 22.1. The van der Waals surface area contributed by atoms with E-state index >= 15 is 0 Å². The number of ether oxygens (including phenoxy) is 1. The first-order valence-corrected chi connectivity index (χ1v) is 4.34. The number of amides is 1. The summed E-state index contributed by atoms with van der Waals surface area (Å²) in [5.74, 6) is -1.37. The first-order chi connectivity index (χ1) is 7.45. The zero-order chi connectivity index (χ0) is 12.3. The minimum absolute atomic E-state index is 0.0558. The number of methoxy groups -OCH3 is 1. The summed E-state index contributed by atoms with van der Waals surface area (Å²) in [5, 5.41) is -0.130. The van der Waals surface area contributed by atoms with Crippen molar-refractivity contribution in [2.75, 3.05) is 12.8 Å². The molecule has 1 amide bonds. The van der Waals surface area contributed by atoms with E-state index in [1.54, 1.807) is 0 Å². The molecular weight excluding hydrogens is 236 g/mol. The maximum Gasteiger partial charge on any atom is 0.304 e. The molecular formula is C7H9ClN6O2. The Morgan fingerprint density at radius 2 is 2.06 bits per heavy atom. The van der Waals surface area contributed by atoms with Crippen molar-refractivity contribution in [3.05, 3.63) is 10.8 Å². The van der Waals surface area contributed by atoms with Crippen LogP contribution < -0.4 is 21.9 Å². The van der Waals surface area contributed by atoms with Crippen molar-refractivity contribution < 1.29 is 9.53 Å². The molecule has 1 heterocycles. The van der Waals surface area contributed by atoms with Gasteiger partial charge in [-0.3, -0.25) is 4.79 Å². The van der Waals surface area contributed by atoms with Gasteiger partial charge in [-0.1, -0.05) is 11.6 Å². The second-order valence-electron chi connectivity index (χ2n) is 2.60. The lowest BCUT2D eigenvalue weighted by Gasteiger charge is -2.05. The fourth-order valence-corrected chi connectivity index (χ4v) is 0.990. The van der Waals surface area contributed by atoms with E-state index in [2.05, 4.69) is 15.0 Å². The number of rotatable bonds is 2. The van der Waals surface area contributed by atoms with E-state index in [-0.39, 0.29) is 22.5 Å². The Labute approximate surface area is 95.5 Å². The van der Waals surface area contributed by atoms with Gasteiger partial charge in [0, 0.05) is 0 Å². The molecule has 1 aromatic rings. The Kier molecular flexibility index (Phi) is 3.46. The number of carbonyl (C=O) groups is 1. The molecule has 8 nitrogen and oxygen atoms in total. The lowest BCUT2D eigenvalue weighted by molar-refractivity contribution is 0.0994. The maximum absolute atomic E-state index is 11.5. The smallest absolute Gasteiger partial charge is 0.304 e. The number of anilines is 1. The van der Waals surface area contributed by atoms with Crippen LogP contribution in [0.5, 0.6) is 5.88 Å². The van der Waals surface area contributed by atoms with E-state index in [0.717, 1.165) is 0 Å². The summed E-state index contributed by atoms with van der Waals surface area (Å²) in [6.45, 7) is 0. The highest BCUT2D eigenvalue weighted by Gasteiger charge is 2.18. The molecule has 86 valence electrons. The number of nitrogen functional groups attached to an aromatic ring is 1. The quantitative estimate of drug-likeness (QED) is 0.453. The zero-order valence-corrected chi connectivity index (χ0v) is 9.02. The molecule has 6 N–H and O–H groups in total. The number of hydrogen-bond donors (Lipinski definition) is 3. The van der Waals surface area contributed by atoms with E-state index in [9.17, 15) is 4.79 Å². The minimum Gasteiger partial charge on any atom is -0.479 e. The number of guanidine groups is 1. The zero-order valence-electron chi connectivity index (χ0n) is 8.27. The third-order valence-electron chi connectivity index (χ3n) is 1.47. The Bertz CT molecular complexity index is 456. The van der Waals surface area contributed by atoms with Crippen LogP contribution in [-0.2, 0) is 0 Å². The van der Waals surface area contributed by atoms with Crippen LogP contribution in [0.4, 0.5) is 5.82 Å². The second-order valence-corrected chi connectivity index (χ2v) is 2.96. The van der Waals surface area contributed by atoms with Gasteiger partial charge in [-0.25, -0.2) is 4.98 Å². The van der Waals surface area contributed by atoms with Gasteiger partial charge in [0.2, 0.25) is 5.88 Å². The van der Waals surface area contributed by atoms with Crippen LogP contribution in [-0.4, -0.2) is 28.9 Å². The molecule has 1 rings (SSSR count). The standard InChI is InChI=1S/C7H9ClN6O2/c1-16-6-2(5(15)14-7(10)11)12-3(8)4(9)13-6/h1H3,(H2,9,13)(H4,10,11,14,15). The predicted octanol–water partition coefficient (Wildman–Crippen LogP) is -0.866. The first kappa shape index (κ1) is 12.0. The summed E-state index contributed by atoms with van der Waals surface area (Å²) >= 11 is 5.61. The lowest BCUT2D eigenvalue weighted by atomic mass is 10.4. The molecule has 9 heteroatoms. The van der Waals surface area contributed by atoms with E-state index in [1.165, 1.54) is 7.11 Å². The maximum atomic E-state index is 11.5. The number of carbonyl (C=O) groups excluding carboxylic acids is 1. The average molecular weight is 245 g/mol. The van der Waals surface area contributed by atoms with Crippen molar-refractivity contribution in [2.45, 2.75) is 0 Å². The van der Waals surface area contributed by atoms with Gasteiger partial charge in [-0.05, 0) is 0 Å². The van der Waals surface area contributed by atoms with Crippen molar-refractivity contribution in [1.29, 1.82) is 0 Å². The van der Waals surface area contributed by atoms with E-state index in [0.29, 0.717) is 0 Å². The number of aromatic nitrogens is 2. The van der Waals surface area contributed by atoms with Gasteiger partial charge in [0.1, 0.15) is 0 Å². The van der Waals surface area contributed by atoms with Crippen molar-refractivity contribution in [3.8, 4) is 5.88 Å². The van der Waals surface area contributed by atoms with Crippen LogP contribution in [0.3, 0.4) is 0 Å². The van der Waals surface area contributed by atoms with Gasteiger partial charge in [0.05, 0.1) is 7.11 Å². The topological polar surface area (TPSA) is 142 Å². The largest absolute Gasteiger partial charge is 0.479 e. The van der Waals surface area contributed by atoms with Crippen molar-refractivity contribution in [1.82, 2.24) is 9.97 Å². The van der Waals surface area contributed by atoms with Crippen LogP contribution in [0.1, 0.15) is 10.5 Å². The molecule has 0 radical (unpaired) electrons. The third-order valence-corrected chi connectivity index (χ3v) is 1.75.